The van der Waals surface area contributed by atoms with Gasteiger partial charge in [0.15, 0.2) is 0 Å². The number of hydrogen-bond acceptors (Lipinski definition) is 4. The molecule has 164 valence electrons. The molecule has 0 unspecified atom stereocenters. The third-order valence-corrected chi connectivity index (χ3v) is 7.56. The highest BCUT2D eigenvalue weighted by Crippen LogP contribution is 2.52. The van der Waals surface area contributed by atoms with E-state index in [-0.39, 0.29) is 23.1 Å². The summed E-state index contributed by atoms with van der Waals surface area (Å²) >= 11 is 0. The number of nitrogens with one attached hydrogen (secondary N) is 1. The van der Waals surface area contributed by atoms with Crippen LogP contribution in [0.1, 0.15) is 56.1 Å². The van der Waals surface area contributed by atoms with Crippen LogP contribution < -0.4 is 16.0 Å². The van der Waals surface area contributed by atoms with Gasteiger partial charge in [0.05, 0.1) is 24.1 Å². The molecule has 2 saturated carbocycles. The molecular formula is C24H31N5O2. The fraction of sp³-hybridized carbons (Fsp3) is 0.542. The van der Waals surface area contributed by atoms with Crippen molar-refractivity contribution in [2.24, 2.45) is 30.0 Å². The Labute approximate surface area is 183 Å². The molecule has 7 heteroatoms. The van der Waals surface area contributed by atoms with Crippen molar-refractivity contribution in [2.45, 2.75) is 58.4 Å². The van der Waals surface area contributed by atoms with Gasteiger partial charge in [-0.25, -0.2) is 0 Å². The van der Waals surface area contributed by atoms with E-state index in [4.69, 9.17) is 5.73 Å². The van der Waals surface area contributed by atoms with Crippen molar-refractivity contribution < 1.29 is 9.59 Å². The van der Waals surface area contributed by atoms with Gasteiger partial charge in [0, 0.05) is 23.9 Å². The van der Waals surface area contributed by atoms with Crippen LogP contribution in [0.5, 0.6) is 0 Å². The number of aryl methyl sites for hydroxylation is 2. The maximum atomic E-state index is 13.7. The summed E-state index contributed by atoms with van der Waals surface area (Å²) in [4.78, 5) is 27.4. The third kappa shape index (κ3) is 3.60. The van der Waals surface area contributed by atoms with Gasteiger partial charge in [-0.1, -0.05) is 6.07 Å². The number of aromatic nitrogens is 2. The van der Waals surface area contributed by atoms with Crippen LogP contribution in [0.15, 0.2) is 24.4 Å². The maximum Gasteiger partial charge on any atom is 0.230 e. The smallest absolute Gasteiger partial charge is 0.230 e. The van der Waals surface area contributed by atoms with Crippen molar-refractivity contribution in [3.8, 4) is 0 Å². The molecule has 0 atom stereocenters. The number of nitrogens with two attached hydrogens (primary N) is 1. The van der Waals surface area contributed by atoms with Crippen LogP contribution in [-0.4, -0.2) is 21.6 Å². The predicted octanol–water partition coefficient (Wildman–Crippen LogP) is 3.78. The molecule has 2 aliphatic carbocycles. The number of primary amides is 1. The van der Waals surface area contributed by atoms with E-state index in [1.807, 2.05) is 28.9 Å². The van der Waals surface area contributed by atoms with E-state index in [1.54, 1.807) is 0 Å². The Bertz CT molecular complexity index is 1030. The maximum absolute atomic E-state index is 13.7. The summed E-state index contributed by atoms with van der Waals surface area (Å²) in [5.74, 6) is 1.52. The van der Waals surface area contributed by atoms with Gasteiger partial charge < -0.3 is 16.0 Å². The highest BCUT2D eigenvalue weighted by molar-refractivity contribution is 5.99. The average molecular weight is 422 g/mol. The first-order valence-electron chi connectivity index (χ1n) is 11.4. The van der Waals surface area contributed by atoms with Gasteiger partial charge in [0.25, 0.3) is 0 Å². The number of fused-ring (bicyclic) bond motifs is 2. The summed E-state index contributed by atoms with van der Waals surface area (Å²) in [6.07, 6.45) is 8.37. The number of amides is 2. The van der Waals surface area contributed by atoms with Crippen molar-refractivity contribution in [1.29, 1.82) is 0 Å². The van der Waals surface area contributed by atoms with Crippen LogP contribution in [0.3, 0.4) is 0 Å². The van der Waals surface area contributed by atoms with Gasteiger partial charge in [-0.2, -0.15) is 5.10 Å². The molecule has 3 N–H and O–H groups in total. The van der Waals surface area contributed by atoms with Crippen LogP contribution in [0.4, 0.5) is 17.2 Å². The Kier molecular flexibility index (Phi) is 4.79. The fourth-order valence-corrected chi connectivity index (χ4v) is 5.41. The molecule has 0 saturated heterocycles. The Morgan fingerprint density at radius 3 is 2.65 bits per heavy atom. The molecule has 7 nitrogen and oxygen atoms in total. The minimum absolute atomic E-state index is 0.0207. The summed E-state index contributed by atoms with van der Waals surface area (Å²) < 4.78 is 1.83. The van der Waals surface area contributed by atoms with Crippen molar-refractivity contribution in [3.63, 3.8) is 0 Å². The topological polar surface area (TPSA) is 93.2 Å². The molecule has 2 heterocycles. The van der Waals surface area contributed by atoms with Crippen LogP contribution in [0.2, 0.25) is 0 Å². The standard InChI is InChI=1S/C24H31N5O2/c1-15-3-8-20-19(11-15)27-21-18(13-26-28(21)2)14-29(20)22(30)17-6-4-16(5-7-17)12-24(9-10-24)23(25)31/h3,8,11,13,16-17,27H,4-7,9-10,12,14H2,1-2H3,(H2,25,31). The Hall–Kier alpha value is -2.83. The first-order valence-corrected chi connectivity index (χ1v) is 11.4. The minimum atomic E-state index is -0.245. The summed E-state index contributed by atoms with van der Waals surface area (Å²) in [5.41, 5.74) is 9.42. The zero-order chi connectivity index (χ0) is 21.8. The Morgan fingerprint density at radius 2 is 1.97 bits per heavy atom. The number of nitrogens with zero attached hydrogens (tertiary/aromatic N) is 3. The monoisotopic (exact) mass is 421 g/mol. The first kappa shape index (κ1) is 20.1. The predicted molar refractivity (Wildman–Crippen MR) is 120 cm³/mol. The van der Waals surface area contributed by atoms with Gasteiger partial charge in [-0.3, -0.25) is 14.3 Å². The number of carbonyl (C=O) groups is 2. The lowest BCUT2D eigenvalue weighted by atomic mass is 9.76. The molecular weight excluding hydrogens is 390 g/mol. The molecule has 0 spiro atoms. The second kappa shape index (κ2) is 7.39. The quantitative estimate of drug-likeness (QED) is 0.786. The molecule has 1 aromatic carbocycles. The normalized spacial score (nSPS) is 23.9. The fourth-order valence-electron chi connectivity index (χ4n) is 5.41. The third-order valence-electron chi connectivity index (χ3n) is 7.56. The number of rotatable bonds is 4. The lowest BCUT2D eigenvalue weighted by Gasteiger charge is -2.33. The van der Waals surface area contributed by atoms with E-state index in [0.29, 0.717) is 12.5 Å². The summed E-state index contributed by atoms with van der Waals surface area (Å²) in [5, 5.41) is 7.88. The molecule has 2 fully saturated rings. The molecule has 1 aromatic heterocycles. The summed E-state index contributed by atoms with van der Waals surface area (Å²) in [6.45, 7) is 2.58. The zero-order valence-electron chi connectivity index (χ0n) is 18.4. The molecule has 5 rings (SSSR count). The second-order valence-corrected chi connectivity index (χ2v) is 9.78. The lowest BCUT2D eigenvalue weighted by Crippen LogP contribution is -2.37. The average Bonchev–Trinajstić information content (AvgIpc) is 3.49. The minimum Gasteiger partial charge on any atom is -0.369 e. The highest BCUT2D eigenvalue weighted by Gasteiger charge is 2.49. The van der Waals surface area contributed by atoms with Crippen molar-refractivity contribution in [2.75, 3.05) is 10.2 Å². The number of hydrogen-bond donors (Lipinski definition) is 2. The number of anilines is 3. The zero-order valence-corrected chi connectivity index (χ0v) is 18.4. The van der Waals surface area contributed by atoms with Gasteiger partial charge in [-0.15, -0.1) is 0 Å². The van der Waals surface area contributed by atoms with E-state index in [2.05, 4.69) is 29.5 Å². The first-order chi connectivity index (χ1) is 14.9. The van der Waals surface area contributed by atoms with Gasteiger partial charge >= 0.3 is 0 Å². The lowest BCUT2D eigenvalue weighted by molar-refractivity contribution is -0.125. The van der Waals surface area contributed by atoms with Gasteiger partial charge in [0.1, 0.15) is 5.82 Å². The van der Waals surface area contributed by atoms with Crippen molar-refractivity contribution >= 4 is 29.0 Å². The molecule has 0 bridgehead atoms. The summed E-state index contributed by atoms with van der Waals surface area (Å²) in [6, 6.07) is 6.20. The largest absolute Gasteiger partial charge is 0.369 e. The van der Waals surface area contributed by atoms with E-state index >= 15 is 0 Å². The van der Waals surface area contributed by atoms with E-state index in [9.17, 15) is 9.59 Å². The Balaban J connectivity index is 1.34. The van der Waals surface area contributed by atoms with Crippen molar-refractivity contribution in [1.82, 2.24) is 9.78 Å². The second-order valence-electron chi connectivity index (χ2n) is 9.78. The van der Waals surface area contributed by atoms with Crippen LogP contribution in [-0.2, 0) is 23.2 Å². The molecule has 3 aliphatic rings. The Morgan fingerprint density at radius 1 is 1.23 bits per heavy atom. The van der Waals surface area contributed by atoms with E-state index < -0.39 is 0 Å². The molecule has 2 amide bonds. The number of carbonyl (C=O) groups excluding carboxylic acids is 2. The molecule has 2 aromatic rings. The molecule has 31 heavy (non-hydrogen) atoms. The highest BCUT2D eigenvalue weighted by atomic mass is 16.2. The van der Waals surface area contributed by atoms with Gasteiger partial charge in [0.2, 0.25) is 11.8 Å². The van der Waals surface area contributed by atoms with Crippen LogP contribution in [0, 0.1) is 24.2 Å². The molecule has 1 aliphatic heterocycles. The SMILES string of the molecule is Cc1ccc2c(c1)Nc1c(cnn1C)CN2C(=O)C1CCC(CC2(C(N)=O)CC2)CC1. The number of benzene rings is 1. The van der Waals surface area contributed by atoms with E-state index in [1.165, 1.54) is 0 Å². The summed E-state index contributed by atoms with van der Waals surface area (Å²) in [7, 11) is 1.92. The van der Waals surface area contributed by atoms with Crippen LogP contribution >= 0.6 is 0 Å². The van der Waals surface area contributed by atoms with E-state index in [0.717, 1.165) is 73.3 Å². The van der Waals surface area contributed by atoms with Crippen LogP contribution in [0.25, 0.3) is 0 Å². The van der Waals surface area contributed by atoms with Gasteiger partial charge in [-0.05, 0) is 75.5 Å². The van der Waals surface area contributed by atoms with Crippen molar-refractivity contribution in [3.05, 3.63) is 35.5 Å². The molecule has 0 radical (unpaired) electrons.